The summed E-state index contributed by atoms with van der Waals surface area (Å²) in [6.07, 6.45) is 3.75. The van der Waals surface area contributed by atoms with Crippen molar-refractivity contribution in [3.63, 3.8) is 0 Å². The maximum Gasteiger partial charge on any atom is 0.131 e. The van der Waals surface area contributed by atoms with Crippen LogP contribution in [0, 0.1) is 6.92 Å². The van der Waals surface area contributed by atoms with E-state index in [1.165, 1.54) is 24.8 Å². The highest BCUT2D eigenvalue weighted by Gasteiger charge is 2.25. The Labute approximate surface area is 129 Å². The molecule has 3 rings (SSSR count). The van der Waals surface area contributed by atoms with Crippen LogP contribution in [0.15, 0.2) is 24.3 Å². The van der Waals surface area contributed by atoms with E-state index in [1.54, 1.807) is 18.4 Å². The molecule has 1 atom stereocenters. The van der Waals surface area contributed by atoms with E-state index in [2.05, 4.69) is 33.3 Å². The molecule has 112 valence electrons. The van der Waals surface area contributed by atoms with Gasteiger partial charge in [0.05, 0.1) is 13.7 Å². The van der Waals surface area contributed by atoms with Crippen LogP contribution in [-0.2, 0) is 6.54 Å². The fourth-order valence-electron chi connectivity index (χ4n) is 2.98. The molecule has 1 aromatic heterocycles. The van der Waals surface area contributed by atoms with Gasteiger partial charge in [0.25, 0.3) is 0 Å². The molecule has 4 nitrogen and oxygen atoms in total. The molecule has 1 saturated heterocycles. The van der Waals surface area contributed by atoms with Crippen molar-refractivity contribution in [3.05, 3.63) is 39.8 Å². The van der Waals surface area contributed by atoms with Gasteiger partial charge < -0.3 is 4.74 Å². The second-order valence-electron chi connectivity index (χ2n) is 5.47. The van der Waals surface area contributed by atoms with Crippen LogP contribution in [0.25, 0.3) is 0 Å². The molecule has 2 heterocycles. The third-order valence-electron chi connectivity index (χ3n) is 4.00. The Kier molecular flexibility index (Phi) is 4.51. The molecule has 0 spiro atoms. The largest absolute Gasteiger partial charge is 0.497 e. The summed E-state index contributed by atoms with van der Waals surface area (Å²) in [7, 11) is 1.72. The van der Waals surface area contributed by atoms with Crippen LogP contribution in [0.1, 0.15) is 40.9 Å². The first-order valence-corrected chi connectivity index (χ1v) is 8.25. The second kappa shape index (κ2) is 6.54. The summed E-state index contributed by atoms with van der Waals surface area (Å²) in [5.41, 5.74) is 1.34. The second-order valence-corrected chi connectivity index (χ2v) is 6.74. The van der Waals surface area contributed by atoms with Gasteiger partial charge in [0.15, 0.2) is 0 Å². The topological polar surface area (TPSA) is 38.2 Å². The molecule has 0 amide bonds. The molecule has 2 aromatic rings. The predicted molar refractivity (Wildman–Crippen MR) is 84.6 cm³/mol. The van der Waals surface area contributed by atoms with Crippen molar-refractivity contribution < 1.29 is 4.74 Å². The lowest BCUT2D eigenvalue weighted by atomic mass is 9.95. The Balaban J connectivity index is 1.80. The Morgan fingerprint density at radius 3 is 3.00 bits per heavy atom. The van der Waals surface area contributed by atoms with Gasteiger partial charge in [-0.2, -0.15) is 0 Å². The van der Waals surface area contributed by atoms with E-state index < -0.39 is 0 Å². The smallest absolute Gasteiger partial charge is 0.131 e. The molecule has 1 unspecified atom stereocenters. The van der Waals surface area contributed by atoms with Crippen molar-refractivity contribution in [1.29, 1.82) is 0 Å². The van der Waals surface area contributed by atoms with Gasteiger partial charge in [0, 0.05) is 6.04 Å². The number of aryl methyl sites for hydroxylation is 1. The first kappa shape index (κ1) is 14.5. The highest BCUT2D eigenvalue weighted by molar-refractivity contribution is 7.11. The summed E-state index contributed by atoms with van der Waals surface area (Å²) < 4.78 is 5.36. The first-order valence-electron chi connectivity index (χ1n) is 7.43. The fourth-order valence-corrected chi connectivity index (χ4v) is 3.72. The van der Waals surface area contributed by atoms with Crippen molar-refractivity contribution in [1.82, 2.24) is 15.1 Å². The Bertz CT molecular complexity index is 599. The Morgan fingerprint density at radius 2 is 2.24 bits per heavy atom. The number of benzene rings is 1. The lowest BCUT2D eigenvalue weighted by molar-refractivity contribution is 0.140. The monoisotopic (exact) mass is 303 g/mol. The van der Waals surface area contributed by atoms with Crippen molar-refractivity contribution in [2.45, 2.75) is 38.8 Å². The maximum atomic E-state index is 5.36. The number of hydrogen-bond acceptors (Lipinski definition) is 5. The van der Waals surface area contributed by atoms with Gasteiger partial charge in [-0.25, -0.2) is 0 Å². The molecule has 0 bridgehead atoms. The lowest BCUT2D eigenvalue weighted by Gasteiger charge is -2.35. The minimum atomic E-state index is 0.457. The van der Waals surface area contributed by atoms with E-state index in [0.29, 0.717) is 6.04 Å². The van der Waals surface area contributed by atoms with Gasteiger partial charge in [-0.3, -0.25) is 4.90 Å². The van der Waals surface area contributed by atoms with Crippen molar-refractivity contribution in [2.24, 2.45) is 0 Å². The highest BCUT2D eigenvalue weighted by atomic mass is 32.1. The minimum Gasteiger partial charge on any atom is -0.497 e. The quantitative estimate of drug-likeness (QED) is 0.865. The number of hydrogen-bond donors (Lipinski definition) is 0. The summed E-state index contributed by atoms with van der Waals surface area (Å²) in [5.74, 6) is 0.935. The van der Waals surface area contributed by atoms with Crippen LogP contribution in [0.4, 0.5) is 0 Å². The number of ether oxygens (including phenoxy) is 1. The minimum absolute atomic E-state index is 0.457. The molecule has 0 saturated carbocycles. The van der Waals surface area contributed by atoms with Gasteiger partial charge in [0.1, 0.15) is 15.8 Å². The molecule has 0 aliphatic carbocycles. The van der Waals surface area contributed by atoms with Crippen LogP contribution in [-0.4, -0.2) is 28.8 Å². The van der Waals surface area contributed by atoms with Crippen LogP contribution < -0.4 is 4.74 Å². The standard InChI is InChI=1S/C16H21N3OS/c1-12-17-18-16(21-12)11-19-9-4-3-8-15(19)13-6-5-7-14(10-13)20-2/h5-7,10,15H,3-4,8-9,11H2,1-2H3. The zero-order chi connectivity index (χ0) is 14.7. The third kappa shape index (κ3) is 3.41. The first-order chi connectivity index (χ1) is 10.3. The molecule has 1 aliphatic rings. The van der Waals surface area contributed by atoms with E-state index in [4.69, 9.17) is 4.74 Å². The van der Waals surface area contributed by atoms with E-state index in [1.807, 2.05) is 13.0 Å². The van der Waals surface area contributed by atoms with Crippen molar-refractivity contribution in [3.8, 4) is 5.75 Å². The molecule has 0 radical (unpaired) electrons. The maximum absolute atomic E-state index is 5.36. The highest BCUT2D eigenvalue weighted by Crippen LogP contribution is 2.33. The summed E-state index contributed by atoms with van der Waals surface area (Å²) in [5, 5.41) is 10.6. The third-order valence-corrected chi connectivity index (χ3v) is 4.82. The van der Waals surface area contributed by atoms with Crippen LogP contribution in [0.2, 0.25) is 0 Å². The average Bonchev–Trinajstić information content (AvgIpc) is 2.93. The Morgan fingerprint density at radius 1 is 1.33 bits per heavy atom. The van der Waals surface area contributed by atoms with Crippen molar-refractivity contribution in [2.75, 3.05) is 13.7 Å². The average molecular weight is 303 g/mol. The summed E-state index contributed by atoms with van der Waals surface area (Å²) in [4.78, 5) is 2.53. The predicted octanol–water partition coefficient (Wildman–Crippen LogP) is 3.58. The molecule has 0 N–H and O–H groups in total. The van der Waals surface area contributed by atoms with E-state index in [0.717, 1.165) is 28.9 Å². The number of likely N-dealkylation sites (tertiary alicyclic amines) is 1. The summed E-state index contributed by atoms with van der Waals surface area (Å²) in [6.45, 7) is 4.03. The molecular formula is C16H21N3OS. The molecule has 21 heavy (non-hydrogen) atoms. The van der Waals surface area contributed by atoms with Gasteiger partial charge in [-0.1, -0.05) is 18.6 Å². The number of rotatable bonds is 4. The molecule has 1 fully saturated rings. The lowest BCUT2D eigenvalue weighted by Crippen LogP contribution is -2.32. The molecule has 1 aromatic carbocycles. The number of aromatic nitrogens is 2. The normalized spacial score (nSPS) is 19.6. The molecule has 1 aliphatic heterocycles. The fraction of sp³-hybridized carbons (Fsp3) is 0.500. The zero-order valence-corrected chi connectivity index (χ0v) is 13.4. The molecule has 5 heteroatoms. The SMILES string of the molecule is COc1cccc(C2CCCCN2Cc2nnc(C)s2)c1. The van der Waals surface area contributed by atoms with Crippen LogP contribution >= 0.6 is 11.3 Å². The summed E-state index contributed by atoms with van der Waals surface area (Å²) in [6, 6.07) is 8.91. The van der Waals surface area contributed by atoms with Crippen molar-refractivity contribution >= 4 is 11.3 Å². The van der Waals surface area contributed by atoms with E-state index in [-0.39, 0.29) is 0 Å². The Hall–Kier alpha value is -1.46. The summed E-state index contributed by atoms with van der Waals surface area (Å²) >= 11 is 1.70. The van der Waals surface area contributed by atoms with Gasteiger partial charge >= 0.3 is 0 Å². The number of piperidine rings is 1. The van der Waals surface area contributed by atoms with E-state index in [9.17, 15) is 0 Å². The number of methoxy groups -OCH3 is 1. The van der Waals surface area contributed by atoms with Gasteiger partial charge in [-0.05, 0) is 44.0 Å². The van der Waals surface area contributed by atoms with E-state index >= 15 is 0 Å². The van der Waals surface area contributed by atoms with Gasteiger partial charge in [-0.15, -0.1) is 21.5 Å². The number of nitrogens with zero attached hydrogens (tertiary/aromatic N) is 3. The van der Waals surface area contributed by atoms with Gasteiger partial charge in [0.2, 0.25) is 0 Å². The zero-order valence-electron chi connectivity index (χ0n) is 12.6. The van der Waals surface area contributed by atoms with Crippen LogP contribution in [0.3, 0.4) is 0 Å². The van der Waals surface area contributed by atoms with Crippen LogP contribution in [0.5, 0.6) is 5.75 Å². The molecular weight excluding hydrogens is 282 g/mol.